The van der Waals surface area contributed by atoms with Crippen molar-refractivity contribution in [1.29, 1.82) is 0 Å². The molecule has 1 saturated heterocycles. The predicted molar refractivity (Wildman–Crippen MR) is 78.0 cm³/mol. The van der Waals surface area contributed by atoms with Crippen molar-refractivity contribution in [2.24, 2.45) is 0 Å². The SMILES string of the molecule is CC1(C)CC(NCc2ccc(Cl)c([N+](=O)[O-])c2)CCO1. The van der Waals surface area contributed by atoms with Crippen molar-refractivity contribution in [1.82, 2.24) is 5.32 Å². The van der Waals surface area contributed by atoms with Gasteiger partial charge >= 0.3 is 0 Å². The van der Waals surface area contributed by atoms with E-state index < -0.39 is 4.92 Å². The second kappa shape index (κ2) is 6.08. The van der Waals surface area contributed by atoms with Crippen LogP contribution in [0.5, 0.6) is 0 Å². The van der Waals surface area contributed by atoms with E-state index in [1.165, 1.54) is 6.07 Å². The molecule has 2 rings (SSSR count). The maximum Gasteiger partial charge on any atom is 0.288 e. The summed E-state index contributed by atoms with van der Waals surface area (Å²) < 4.78 is 5.67. The van der Waals surface area contributed by atoms with Gasteiger partial charge in [-0.15, -0.1) is 0 Å². The van der Waals surface area contributed by atoms with E-state index in [1.54, 1.807) is 6.07 Å². The zero-order valence-corrected chi connectivity index (χ0v) is 12.4. The van der Waals surface area contributed by atoms with E-state index in [2.05, 4.69) is 19.2 Å². The molecule has 1 heterocycles. The minimum absolute atomic E-state index is 0.0433. The standard InChI is InChI=1S/C14H19ClN2O3/c1-14(2)8-11(5-6-20-14)16-9-10-3-4-12(15)13(7-10)17(18)19/h3-4,7,11,16H,5-6,8-9H2,1-2H3. The molecule has 0 radical (unpaired) electrons. The summed E-state index contributed by atoms with van der Waals surface area (Å²) >= 11 is 5.80. The molecule has 0 aliphatic carbocycles. The molecule has 0 bridgehead atoms. The molecule has 0 saturated carbocycles. The van der Waals surface area contributed by atoms with E-state index in [-0.39, 0.29) is 16.3 Å². The number of nitrogens with one attached hydrogen (secondary N) is 1. The summed E-state index contributed by atoms with van der Waals surface area (Å²) in [5.41, 5.74) is 0.714. The number of benzene rings is 1. The maximum absolute atomic E-state index is 10.8. The molecule has 110 valence electrons. The van der Waals surface area contributed by atoms with Crippen molar-refractivity contribution in [3.63, 3.8) is 0 Å². The lowest BCUT2D eigenvalue weighted by Crippen LogP contribution is -2.43. The number of hydrogen-bond donors (Lipinski definition) is 1. The third-order valence-electron chi connectivity index (χ3n) is 3.50. The van der Waals surface area contributed by atoms with Crippen LogP contribution >= 0.6 is 11.6 Å². The summed E-state index contributed by atoms with van der Waals surface area (Å²) in [5, 5.41) is 14.5. The van der Waals surface area contributed by atoms with Gasteiger partial charge < -0.3 is 10.1 Å². The fraction of sp³-hybridized carbons (Fsp3) is 0.571. The molecular weight excluding hydrogens is 280 g/mol. The number of nitro groups is 1. The van der Waals surface area contributed by atoms with Gasteiger partial charge in [0.15, 0.2) is 0 Å². The molecule has 1 aliphatic heterocycles. The van der Waals surface area contributed by atoms with E-state index in [0.717, 1.165) is 25.0 Å². The van der Waals surface area contributed by atoms with Gasteiger partial charge in [0.25, 0.3) is 5.69 Å². The highest BCUT2D eigenvalue weighted by Crippen LogP contribution is 2.26. The zero-order chi connectivity index (χ0) is 14.8. The number of nitrogens with zero attached hydrogens (tertiary/aromatic N) is 1. The predicted octanol–water partition coefficient (Wildman–Crippen LogP) is 3.30. The second-order valence-corrected chi connectivity index (χ2v) is 6.13. The van der Waals surface area contributed by atoms with Crippen LogP contribution in [0.2, 0.25) is 5.02 Å². The summed E-state index contributed by atoms with van der Waals surface area (Å²) in [6.45, 7) is 5.49. The lowest BCUT2D eigenvalue weighted by Gasteiger charge is -2.36. The van der Waals surface area contributed by atoms with Gasteiger partial charge in [-0.05, 0) is 38.3 Å². The van der Waals surface area contributed by atoms with Crippen LogP contribution in [0.3, 0.4) is 0 Å². The first-order chi connectivity index (χ1) is 9.37. The molecule has 1 N–H and O–H groups in total. The number of ether oxygens (including phenoxy) is 1. The molecule has 1 aromatic rings. The molecule has 6 heteroatoms. The molecule has 0 aromatic heterocycles. The van der Waals surface area contributed by atoms with Crippen molar-refractivity contribution < 1.29 is 9.66 Å². The third-order valence-corrected chi connectivity index (χ3v) is 3.82. The zero-order valence-electron chi connectivity index (χ0n) is 11.7. The third kappa shape index (κ3) is 3.91. The Morgan fingerprint density at radius 1 is 1.55 bits per heavy atom. The van der Waals surface area contributed by atoms with Gasteiger partial charge in [0, 0.05) is 25.3 Å². The van der Waals surface area contributed by atoms with Gasteiger partial charge in [0.05, 0.1) is 10.5 Å². The van der Waals surface area contributed by atoms with E-state index in [1.807, 2.05) is 6.07 Å². The summed E-state index contributed by atoms with van der Waals surface area (Å²) in [4.78, 5) is 10.4. The number of halogens is 1. The molecule has 0 amide bonds. The fourth-order valence-electron chi connectivity index (χ4n) is 2.48. The first-order valence-corrected chi connectivity index (χ1v) is 7.05. The van der Waals surface area contributed by atoms with Gasteiger partial charge in [-0.25, -0.2) is 0 Å². The molecule has 20 heavy (non-hydrogen) atoms. The van der Waals surface area contributed by atoms with Crippen molar-refractivity contribution in [2.45, 2.75) is 44.9 Å². The summed E-state index contributed by atoms with van der Waals surface area (Å²) in [7, 11) is 0. The van der Waals surface area contributed by atoms with E-state index >= 15 is 0 Å². The van der Waals surface area contributed by atoms with Crippen LogP contribution in [0.4, 0.5) is 5.69 Å². The Morgan fingerprint density at radius 3 is 2.95 bits per heavy atom. The monoisotopic (exact) mass is 298 g/mol. The van der Waals surface area contributed by atoms with Crippen LogP contribution in [-0.4, -0.2) is 23.2 Å². The molecule has 5 nitrogen and oxygen atoms in total. The normalized spacial score (nSPS) is 21.6. The van der Waals surface area contributed by atoms with E-state index in [0.29, 0.717) is 12.6 Å². The average molecular weight is 299 g/mol. The van der Waals surface area contributed by atoms with Crippen LogP contribution in [0.15, 0.2) is 18.2 Å². The minimum atomic E-state index is -0.455. The van der Waals surface area contributed by atoms with Crippen LogP contribution in [0, 0.1) is 10.1 Å². The quantitative estimate of drug-likeness (QED) is 0.684. The first kappa shape index (κ1) is 15.2. The maximum atomic E-state index is 10.8. The number of hydrogen-bond acceptors (Lipinski definition) is 4. The lowest BCUT2D eigenvalue weighted by molar-refractivity contribution is -0.384. The Kier molecular flexibility index (Phi) is 4.62. The average Bonchev–Trinajstić information content (AvgIpc) is 2.36. The highest BCUT2D eigenvalue weighted by molar-refractivity contribution is 6.32. The van der Waals surface area contributed by atoms with Crippen molar-refractivity contribution in [3.8, 4) is 0 Å². The van der Waals surface area contributed by atoms with Gasteiger partial charge in [-0.1, -0.05) is 17.7 Å². The van der Waals surface area contributed by atoms with Gasteiger partial charge in [0.2, 0.25) is 0 Å². The second-order valence-electron chi connectivity index (χ2n) is 5.72. The number of nitro benzene ring substituents is 1. The Bertz CT molecular complexity index is 505. The molecule has 1 fully saturated rings. The van der Waals surface area contributed by atoms with Gasteiger partial charge in [-0.3, -0.25) is 10.1 Å². The summed E-state index contributed by atoms with van der Waals surface area (Å²) in [6.07, 6.45) is 1.89. The van der Waals surface area contributed by atoms with E-state index in [9.17, 15) is 10.1 Å². The van der Waals surface area contributed by atoms with Crippen LogP contribution in [0.1, 0.15) is 32.3 Å². The van der Waals surface area contributed by atoms with Crippen molar-refractivity contribution >= 4 is 17.3 Å². The Labute approximate surface area is 123 Å². The first-order valence-electron chi connectivity index (χ1n) is 6.67. The minimum Gasteiger partial charge on any atom is -0.375 e. The van der Waals surface area contributed by atoms with Crippen LogP contribution in [-0.2, 0) is 11.3 Å². The topological polar surface area (TPSA) is 64.4 Å². The van der Waals surface area contributed by atoms with Crippen LogP contribution in [0.25, 0.3) is 0 Å². The van der Waals surface area contributed by atoms with Gasteiger partial charge in [0.1, 0.15) is 5.02 Å². The van der Waals surface area contributed by atoms with Crippen molar-refractivity contribution in [3.05, 3.63) is 38.9 Å². The Hall–Kier alpha value is -1.17. The largest absolute Gasteiger partial charge is 0.375 e. The molecule has 1 unspecified atom stereocenters. The molecule has 1 aromatic carbocycles. The van der Waals surface area contributed by atoms with Crippen LogP contribution < -0.4 is 5.32 Å². The molecular formula is C14H19ClN2O3. The summed E-state index contributed by atoms with van der Waals surface area (Å²) in [6, 6.07) is 5.28. The van der Waals surface area contributed by atoms with E-state index in [4.69, 9.17) is 16.3 Å². The highest BCUT2D eigenvalue weighted by Gasteiger charge is 2.28. The molecule has 0 spiro atoms. The highest BCUT2D eigenvalue weighted by atomic mass is 35.5. The number of rotatable bonds is 4. The fourth-order valence-corrected chi connectivity index (χ4v) is 2.66. The lowest BCUT2D eigenvalue weighted by atomic mass is 9.94. The Morgan fingerprint density at radius 2 is 2.30 bits per heavy atom. The summed E-state index contributed by atoms with van der Waals surface area (Å²) in [5.74, 6) is 0. The molecule has 1 atom stereocenters. The smallest absolute Gasteiger partial charge is 0.288 e. The molecule has 1 aliphatic rings. The Balaban J connectivity index is 1.97. The van der Waals surface area contributed by atoms with Gasteiger partial charge in [-0.2, -0.15) is 0 Å². The van der Waals surface area contributed by atoms with Crippen molar-refractivity contribution in [2.75, 3.05) is 6.61 Å².